The van der Waals surface area contributed by atoms with Crippen LogP contribution in [0.3, 0.4) is 0 Å². The summed E-state index contributed by atoms with van der Waals surface area (Å²) in [7, 11) is 0. The van der Waals surface area contributed by atoms with Crippen LogP contribution in [0.15, 0.2) is 58.7 Å². The number of thioether (sulfide) groups is 1. The van der Waals surface area contributed by atoms with Crippen molar-refractivity contribution in [2.24, 2.45) is 10.2 Å². The summed E-state index contributed by atoms with van der Waals surface area (Å²) in [4.78, 5) is 11.0. The van der Waals surface area contributed by atoms with Crippen molar-refractivity contribution in [2.75, 3.05) is 5.75 Å². The second-order valence-electron chi connectivity index (χ2n) is 5.18. The van der Waals surface area contributed by atoms with Crippen LogP contribution in [0, 0.1) is 0 Å². The third kappa shape index (κ3) is 5.09. The molecule has 1 N–H and O–H groups in total. The number of amidine groups is 1. The van der Waals surface area contributed by atoms with Crippen molar-refractivity contribution in [3.63, 3.8) is 0 Å². The normalized spacial score (nSPS) is 16.3. The van der Waals surface area contributed by atoms with Crippen molar-refractivity contribution < 1.29 is 22.7 Å². The standard InChI is InChI=1S/C17H12F3N3O2S/c18-17(19,20)25-14-7-5-13(6-8-14)12-3-1-11(2-4-12)9-21-23-16-22-15(24)10-26-16/h1-9H,10H2,(H,22,23,24). The molecule has 0 saturated carbocycles. The van der Waals surface area contributed by atoms with Crippen LogP contribution in [-0.4, -0.2) is 29.4 Å². The van der Waals surface area contributed by atoms with E-state index in [9.17, 15) is 18.0 Å². The summed E-state index contributed by atoms with van der Waals surface area (Å²) >= 11 is 1.28. The Hall–Kier alpha value is -2.81. The number of rotatable bonds is 4. The Balaban J connectivity index is 1.65. The molecule has 1 aliphatic heterocycles. The summed E-state index contributed by atoms with van der Waals surface area (Å²) in [6, 6.07) is 12.9. The van der Waals surface area contributed by atoms with Crippen LogP contribution in [0.4, 0.5) is 13.2 Å². The summed E-state index contributed by atoms with van der Waals surface area (Å²) in [6.45, 7) is 0. The number of carbonyl (C=O) groups excluding carboxylic acids is 1. The second-order valence-corrected chi connectivity index (χ2v) is 6.14. The molecule has 2 aromatic carbocycles. The van der Waals surface area contributed by atoms with Crippen LogP contribution in [0.2, 0.25) is 0 Å². The Morgan fingerprint density at radius 3 is 2.19 bits per heavy atom. The number of halogens is 3. The van der Waals surface area contributed by atoms with Crippen molar-refractivity contribution in [3.05, 3.63) is 54.1 Å². The van der Waals surface area contributed by atoms with Crippen molar-refractivity contribution >= 4 is 29.1 Å². The SMILES string of the molecule is O=C1CSC(=NN=Cc2ccc(-c3ccc(OC(F)(F)F)cc3)cc2)N1. The van der Waals surface area contributed by atoms with E-state index in [2.05, 4.69) is 20.3 Å². The van der Waals surface area contributed by atoms with Crippen LogP contribution >= 0.6 is 11.8 Å². The summed E-state index contributed by atoms with van der Waals surface area (Å²) < 4.78 is 40.3. The fraction of sp³-hybridized carbons (Fsp3) is 0.118. The lowest BCUT2D eigenvalue weighted by molar-refractivity contribution is -0.274. The molecule has 3 rings (SSSR count). The molecule has 1 saturated heterocycles. The summed E-state index contributed by atoms with van der Waals surface area (Å²) in [5, 5.41) is 10.8. The van der Waals surface area contributed by atoms with E-state index in [0.717, 1.165) is 16.7 Å². The van der Waals surface area contributed by atoms with Crippen LogP contribution in [0.25, 0.3) is 11.1 Å². The zero-order chi connectivity index (χ0) is 18.6. The van der Waals surface area contributed by atoms with Crippen molar-refractivity contribution in [1.82, 2.24) is 5.32 Å². The number of nitrogens with zero attached hydrogens (tertiary/aromatic N) is 2. The number of carbonyl (C=O) groups is 1. The maximum Gasteiger partial charge on any atom is 0.573 e. The van der Waals surface area contributed by atoms with Gasteiger partial charge in [-0.25, -0.2) is 0 Å². The predicted octanol–water partition coefficient (Wildman–Crippen LogP) is 3.81. The highest BCUT2D eigenvalue weighted by atomic mass is 32.2. The van der Waals surface area contributed by atoms with E-state index >= 15 is 0 Å². The minimum absolute atomic E-state index is 0.0973. The molecule has 0 aromatic heterocycles. The van der Waals surface area contributed by atoms with Gasteiger partial charge in [0.2, 0.25) is 5.91 Å². The van der Waals surface area contributed by atoms with E-state index in [0.29, 0.717) is 10.9 Å². The fourth-order valence-electron chi connectivity index (χ4n) is 2.14. The third-order valence-corrected chi connectivity index (χ3v) is 4.14. The van der Waals surface area contributed by atoms with Crippen LogP contribution in [0.1, 0.15) is 5.56 Å². The van der Waals surface area contributed by atoms with E-state index in [1.165, 1.54) is 23.9 Å². The maximum atomic E-state index is 12.2. The highest BCUT2D eigenvalue weighted by molar-refractivity contribution is 8.15. The minimum Gasteiger partial charge on any atom is -0.406 e. The Kier molecular flexibility index (Phi) is 5.27. The first-order valence-corrected chi connectivity index (χ1v) is 8.37. The van der Waals surface area contributed by atoms with E-state index in [1.807, 2.05) is 12.1 Å². The minimum atomic E-state index is -4.70. The first kappa shape index (κ1) is 18.0. The Morgan fingerprint density at radius 2 is 1.65 bits per heavy atom. The van der Waals surface area contributed by atoms with Crippen LogP contribution in [-0.2, 0) is 4.79 Å². The average Bonchev–Trinajstić information content (AvgIpc) is 3.00. The van der Waals surface area contributed by atoms with E-state index in [4.69, 9.17) is 0 Å². The molecule has 1 heterocycles. The number of ether oxygens (including phenoxy) is 1. The summed E-state index contributed by atoms with van der Waals surface area (Å²) in [5.74, 6) is -0.0171. The third-order valence-electron chi connectivity index (χ3n) is 3.27. The molecule has 0 unspecified atom stereocenters. The number of amides is 1. The lowest BCUT2D eigenvalue weighted by atomic mass is 10.0. The van der Waals surface area contributed by atoms with Crippen LogP contribution in [0.5, 0.6) is 5.75 Å². The highest BCUT2D eigenvalue weighted by Crippen LogP contribution is 2.26. The molecule has 5 nitrogen and oxygen atoms in total. The molecule has 0 spiro atoms. The first-order chi connectivity index (χ1) is 12.4. The molecule has 1 fully saturated rings. The van der Waals surface area contributed by atoms with Gasteiger partial charge < -0.3 is 10.1 Å². The molecule has 1 amide bonds. The van der Waals surface area contributed by atoms with Gasteiger partial charge in [-0.05, 0) is 28.8 Å². The van der Waals surface area contributed by atoms with E-state index in [-0.39, 0.29) is 11.7 Å². The average molecular weight is 379 g/mol. The van der Waals surface area contributed by atoms with Crippen molar-refractivity contribution in [3.8, 4) is 16.9 Å². The van der Waals surface area contributed by atoms with Gasteiger partial charge in [0, 0.05) is 0 Å². The second kappa shape index (κ2) is 7.61. The molecular formula is C17H12F3N3O2S. The largest absolute Gasteiger partial charge is 0.573 e. The molecule has 0 bridgehead atoms. The number of hydrogen-bond donors (Lipinski definition) is 1. The number of nitrogens with one attached hydrogen (secondary N) is 1. The molecule has 2 aromatic rings. The molecule has 0 radical (unpaired) electrons. The molecule has 134 valence electrons. The monoisotopic (exact) mass is 379 g/mol. The lowest BCUT2D eigenvalue weighted by Crippen LogP contribution is -2.19. The van der Waals surface area contributed by atoms with Gasteiger partial charge in [-0.1, -0.05) is 48.2 Å². The van der Waals surface area contributed by atoms with Gasteiger partial charge in [-0.15, -0.1) is 18.3 Å². The van der Waals surface area contributed by atoms with Crippen molar-refractivity contribution in [2.45, 2.75) is 6.36 Å². The smallest absolute Gasteiger partial charge is 0.406 e. The number of alkyl halides is 3. The van der Waals surface area contributed by atoms with Crippen molar-refractivity contribution in [1.29, 1.82) is 0 Å². The number of hydrogen-bond acceptors (Lipinski definition) is 5. The van der Waals surface area contributed by atoms with Crippen LogP contribution < -0.4 is 10.1 Å². The topological polar surface area (TPSA) is 63.0 Å². The van der Waals surface area contributed by atoms with Gasteiger partial charge in [-0.3, -0.25) is 4.79 Å². The highest BCUT2D eigenvalue weighted by Gasteiger charge is 2.30. The van der Waals surface area contributed by atoms with E-state index < -0.39 is 6.36 Å². The Labute approximate surface area is 151 Å². The Morgan fingerprint density at radius 1 is 1.04 bits per heavy atom. The van der Waals surface area contributed by atoms with Gasteiger partial charge in [0.05, 0.1) is 12.0 Å². The zero-order valence-electron chi connectivity index (χ0n) is 13.2. The fourth-order valence-corrected chi connectivity index (χ4v) is 2.77. The van der Waals surface area contributed by atoms with Gasteiger partial charge >= 0.3 is 6.36 Å². The van der Waals surface area contributed by atoms with Gasteiger partial charge in [-0.2, -0.15) is 5.10 Å². The van der Waals surface area contributed by atoms with E-state index in [1.54, 1.807) is 30.5 Å². The lowest BCUT2D eigenvalue weighted by Gasteiger charge is -2.09. The van der Waals surface area contributed by atoms with Gasteiger partial charge in [0.15, 0.2) is 5.17 Å². The summed E-state index contributed by atoms with van der Waals surface area (Å²) in [6.07, 6.45) is -3.16. The molecular weight excluding hydrogens is 367 g/mol. The molecule has 0 aliphatic carbocycles. The molecule has 26 heavy (non-hydrogen) atoms. The molecule has 1 aliphatic rings. The maximum absolute atomic E-state index is 12.2. The van der Waals surface area contributed by atoms with Gasteiger partial charge in [0.25, 0.3) is 0 Å². The molecule has 0 atom stereocenters. The van der Waals surface area contributed by atoms with Gasteiger partial charge in [0.1, 0.15) is 5.75 Å². The zero-order valence-corrected chi connectivity index (χ0v) is 14.0. The predicted molar refractivity (Wildman–Crippen MR) is 94.2 cm³/mol. The Bertz CT molecular complexity index is 847. The summed E-state index contributed by atoms with van der Waals surface area (Å²) in [5.41, 5.74) is 2.39. The quantitative estimate of drug-likeness (QED) is 0.649. The molecule has 9 heteroatoms. The first-order valence-electron chi connectivity index (χ1n) is 7.39. The number of benzene rings is 2.